The van der Waals surface area contributed by atoms with Crippen LogP contribution in [0.5, 0.6) is 0 Å². The second kappa shape index (κ2) is 7.04. The van der Waals surface area contributed by atoms with E-state index in [9.17, 15) is 14.5 Å². The number of nitrogens with zero attached hydrogens (tertiary/aromatic N) is 2. The molecule has 1 aromatic carbocycles. The molecular formula is C13H20FN3O2. The summed E-state index contributed by atoms with van der Waals surface area (Å²) in [5, 5.41) is 13.8. The summed E-state index contributed by atoms with van der Waals surface area (Å²) in [6, 6.07) is 3.62. The third-order valence-corrected chi connectivity index (χ3v) is 2.93. The van der Waals surface area contributed by atoms with Crippen LogP contribution in [0.1, 0.15) is 20.8 Å². The van der Waals surface area contributed by atoms with Gasteiger partial charge in [0.05, 0.1) is 11.0 Å². The number of benzene rings is 1. The zero-order chi connectivity index (χ0) is 14.4. The molecule has 1 aromatic rings. The van der Waals surface area contributed by atoms with Crippen LogP contribution in [0.4, 0.5) is 15.8 Å². The molecule has 0 saturated carbocycles. The zero-order valence-electron chi connectivity index (χ0n) is 11.5. The van der Waals surface area contributed by atoms with Crippen LogP contribution in [-0.4, -0.2) is 35.5 Å². The molecule has 0 bridgehead atoms. The maximum Gasteiger partial charge on any atom is 0.274 e. The van der Waals surface area contributed by atoms with E-state index in [4.69, 9.17) is 0 Å². The molecule has 1 unspecified atom stereocenters. The molecule has 0 amide bonds. The van der Waals surface area contributed by atoms with Crippen LogP contribution in [-0.2, 0) is 0 Å². The standard InChI is InChI=1S/C13H20FN3O2/c1-4-16(5-2)9-10(3)15-12-6-11(14)7-13(8-12)17(18)19/h6-8,10,15H,4-5,9H2,1-3H3. The van der Waals surface area contributed by atoms with Gasteiger partial charge in [0, 0.05) is 24.3 Å². The van der Waals surface area contributed by atoms with E-state index in [1.165, 1.54) is 12.1 Å². The third-order valence-electron chi connectivity index (χ3n) is 2.93. The van der Waals surface area contributed by atoms with Crippen LogP contribution >= 0.6 is 0 Å². The van der Waals surface area contributed by atoms with Gasteiger partial charge < -0.3 is 10.2 Å². The molecule has 0 aliphatic rings. The molecule has 6 heteroatoms. The number of nitrogens with one attached hydrogen (secondary N) is 1. The zero-order valence-corrected chi connectivity index (χ0v) is 11.5. The summed E-state index contributed by atoms with van der Waals surface area (Å²) >= 11 is 0. The predicted molar refractivity (Wildman–Crippen MR) is 73.9 cm³/mol. The van der Waals surface area contributed by atoms with Crippen molar-refractivity contribution >= 4 is 11.4 Å². The Kier molecular flexibility index (Phi) is 5.69. The largest absolute Gasteiger partial charge is 0.381 e. The van der Waals surface area contributed by atoms with Gasteiger partial charge in [0.1, 0.15) is 5.82 Å². The highest BCUT2D eigenvalue weighted by Gasteiger charge is 2.12. The second-order valence-electron chi connectivity index (χ2n) is 4.49. The van der Waals surface area contributed by atoms with Crippen LogP contribution in [0.3, 0.4) is 0 Å². The summed E-state index contributed by atoms with van der Waals surface area (Å²) < 4.78 is 13.3. The first-order valence-electron chi connectivity index (χ1n) is 6.40. The first kappa shape index (κ1) is 15.4. The summed E-state index contributed by atoms with van der Waals surface area (Å²) in [7, 11) is 0. The van der Waals surface area contributed by atoms with Crippen molar-refractivity contribution in [2.24, 2.45) is 0 Å². The summed E-state index contributed by atoms with van der Waals surface area (Å²) in [6.45, 7) is 8.79. The monoisotopic (exact) mass is 269 g/mol. The SMILES string of the molecule is CCN(CC)CC(C)Nc1cc(F)cc([N+](=O)[O-])c1. The van der Waals surface area contributed by atoms with Crippen molar-refractivity contribution in [3.63, 3.8) is 0 Å². The molecule has 1 rings (SSSR count). The van der Waals surface area contributed by atoms with Crippen molar-refractivity contribution in [2.75, 3.05) is 25.0 Å². The lowest BCUT2D eigenvalue weighted by Crippen LogP contribution is -2.34. The first-order valence-corrected chi connectivity index (χ1v) is 6.40. The van der Waals surface area contributed by atoms with Gasteiger partial charge in [-0.1, -0.05) is 13.8 Å². The summed E-state index contributed by atoms with van der Waals surface area (Å²) in [5.41, 5.74) is 0.198. The number of hydrogen-bond donors (Lipinski definition) is 1. The number of rotatable bonds is 7. The van der Waals surface area contributed by atoms with Crippen LogP contribution in [0.25, 0.3) is 0 Å². The average Bonchev–Trinajstić information content (AvgIpc) is 2.35. The van der Waals surface area contributed by atoms with Gasteiger partial charge in [0.25, 0.3) is 5.69 Å². The van der Waals surface area contributed by atoms with Gasteiger partial charge in [-0.3, -0.25) is 10.1 Å². The Bertz CT molecular complexity index is 436. The molecule has 0 heterocycles. The fraction of sp³-hybridized carbons (Fsp3) is 0.538. The Labute approximate surface area is 112 Å². The van der Waals surface area contributed by atoms with Crippen LogP contribution in [0.2, 0.25) is 0 Å². The van der Waals surface area contributed by atoms with Crippen molar-refractivity contribution in [2.45, 2.75) is 26.8 Å². The fourth-order valence-electron chi connectivity index (χ4n) is 1.96. The van der Waals surface area contributed by atoms with E-state index < -0.39 is 10.7 Å². The Hall–Kier alpha value is -1.69. The first-order chi connectivity index (χ1) is 8.96. The van der Waals surface area contributed by atoms with Crippen LogP contribution < -0.4 is 5.32 Å². The van der Waals surface area contributed by atoms with E-state index in [1.807, 2.05) is 6.92 Å². The molecule has 106 valence electrons. The normalized spacial score (nSPS) is 12.5. The summed E-state index contributed by atoms with van der Waals surface area (Å²) in [6.07, 6.45) is 0. The van der Waals surface area contributed by atoms with Crippen molar-refractivity contribution in [3.8, 4) is 0 Å². The van der Waals surface area contributed by atoms with Crippen LogP contribution in [0, 0.1) is 15.9 Å². The topological polar surface area (TPSA) is 58.4 Å². The Morgan fingerprint density at radius 1 is 1.37 bits per heavy atom. The number of nitro groups is 1. The van der Waals surface area contributed by atoms with Crippen LogP contribution in [0.15, 0.2) is 18.2 Å². The molecule has 5 nitrogen and oxygen atoms in total. The quantitative estimate of drug-likeness (QED) is 0.611. The Morgan fingerprint density at radius 2 is 2.00 bits per heavy atom. The van der Waals surface area contributed by atoms with E-state index in [-0.39, 0.29) is 11.7 Å². The molecule has 0 radical (unpaired) electrons. The number of likely N-dealkylation sites (N-methyl/N-ethyl adjacent to an activating group) is 1. The molecule has 0 spiro atoms. The highest BCUT2D eigenvalue weighted by Crippen LogP contribution is 2.20. The van der Waals surface area contributed by atoms with Gasteiger partial charge in [0.2, 0.25) is 0 Å². The minimum atomic E-state index is -0.605. The van der Waals surface area contributed by atoms with Gasteiger partial charge in [-0.25, -0.2) is 4.39 Å². The highest BCUT2D eigenvalue weighted by molar-refractivity contribution is 5.52. The van der Waals surface area contributed by atoms with E-state index in [1.54, 1.807) is 0 Å². The van der Waals surface area contributed by atoms with E-state index in [0.717, 1.165) is 25.7 Å². The molecule has 0 aliphatic heterocycles. The minimum absolute atomic E-state index is 0.0845. The van der Waals surface area contributed by atoms with Gasteiger partial charge in [-0.05, 0) is 26.1 Å². The lowest BCUT2D eigenvalue weighted by Gasteiger charge is -2.24. The maximum absolute atomic E-state index is 13.3. The fourth-order valence-corrected chi connectivity index (χ4v) is 1.96. The average molecular weight is 269 g/mol. The van der Waals surface area contributed by atoms with Gasteiger partial charge in [0.15, 0.2) is 0 Å². The summed E-state index contributed by atoms with van der Waals surface area (Å²) in [4.78, 5) is 12.3. The Morgan fingerprint density at radius 3 is 2.53 bits per heavy atom. The smallest absolute Gasteiger partial charge is 0.274 e. The predicted octanol–water partition coefficient (Wildman–Crippen LogP) is 2.88. The molecule has 0 aliphatic carbocycles. The second-order valence-corrected chi connectivity index (χ2v) is 4.49. The van der Waals surface area contributed by atoms with Gasteiger partial charge in [-0.15, -0.1) is 0 Å². The number of non-ortho nitro benzene ring substituents is 1. The minimum Gasteiger partial charge on any atom is -0.381 e. The van der Waals surface area contributed by atoms with Gasteiger partial charge in [-0.2, -0.15) is 0 Å². The summed E-state index contributed by atoms with van der Waals surface area (Å²) in [5.74, 6) is -0.605. The number of nitro benzene ring substituents is 1. The highest BCUT2D eigenvalue weighted by atomic mass is 19.1. The molecule has 0 saturated heterocycles. The van der Waals surface area contributed by atoms with E-state index in [0.29, 0.717) is 5.69 Å². The molecule has 0 fully saturated rings. The number of anilines is 1. The van der Waals surface area contributed by atoms with Crippen molar-refractivity contribution < 1.29 is 9.31 Å². The van der Waals surface area contributed by atoms with E-state index >= 15 is 0 Å². The van der Waals surface area contributed by atoms with Crippen molar-refractivity contribution in [3.05, 3.63) is 34.1 Å². The molecule has 0 aromatic heterocycles. The Balaban J connectivity index is 2.73. The number of halogens is 1. The van der Waals surface area contributed by atoms with Crippen molar-refractivity contribution in [1.82, 2.24) is 4.90 Å². The molecule has 1 atom stereocenters. The van der Waals surface area contributed by atoms with E-state index in [2.05, 4.69) is 24.1 Å². The molecule has 1 N–H and O–H groups in total. The molecular weight excluding hydrogens is 249 g/mol. The molecule has 19 heavy (non-hydrogen) atoms. The maximum atomic E-state index is 13.3. The lowest BCUT2D eigenvalue weighted by atomic mass is 10.2. The lowest BCUT2D eigenvalue weighted by molar-refractivity contribution is -0.385. The van der Waals surface area contributed by atoms with Gasteiger partial charge >= 0.3 is 0 Å². The number of hydrogen-bond acceptors (Lipinski definition) is 4. The van der Waals surface area contributed by atoms with Crippen molar-refractivity contribution in [1.29, 1.82) is 0 Å². The third kappa shape index (κ3) is 4.82.